The average Bonchev–Trinajstić information content (AvgIpc) is 2.36. The van der Waals surface area contributed by atoms with Crippen molar-refractivity contribution < 1.29 is 19.1 Å². The first-order valence-electron chi connectivity index (χ1n) is 6.62. The highest BCUT2D eigenvalue weighted by atomic mass is 16.6. The highest BCUT2D eigenvalue weighted by Gasteiger charge is 2.26. The molecule has 1 atom stereocenters. The van der Waals surface area contributed by atoms with E-state index in [2.05, 4.69) is 10.7 Å². The second kappa shape index (κ2) is 7.41. The number of nitrogens with zero attached hydrogens (tertiary/aromatic N) is 1. The van der Waals surface area contributed by atoms with Crippen molar-refractivity contribution in [2.24, 2.45) is 5.84 Å². The number of carbonyl (C=O) groups excluding carboxylic acids is 2. The molecule has 2 amide bonds. The van der Waals surface area contributed by atoms with E-state index in [1.54, 1.807) is 20.8 Å². The number of hydrogen-bond acceptors (Lipinski definition) is 6. The number of carbonyl (C=O) groups is 2. The highest BCUT2D eigenvalue weighted by Crippen LogP contribution is 2.07. The molecule has 0 aromatic heterocycles. The monoisotopic (exact) mass is 288 g/mol. The molecule has 0 aromatic rings. The Morgan fingerprint density at radius 2 is 1.95 bits per heavy atom. The van der Waals surface area contributed by atoms with Crippen molar-refractivity contribution in [2.45, 2.75) is 32.4 Å². The summed E-state index contributed by atoms with van der Waals surface area (Å²) in [7, 11) is 0. The summed E-state index contributed by atoms with van der Waals surface area (Å²) in [6, 6.07) is -0.757. The van der Waals surface area contributed by atoms with Gasteiger partial charge >= 0.3 is 6.09 Å². The number of hydrogen-bond donors (Lipinski definition) is 3. The van der Waals surface area contributed by atoms with Crippen molar-refractivity contribution in [2.75, 3.05) is 32.8 Å². The molecule has 20 heavy (non-hydrogen) atoms. The third kappa shape index (κ3) is 6.18. The average molecular weight is 288 g/mol. The molecule has 0 saturated carbocycles. The molecule has 0 aromatic carbocycles. The Balaban J connectivity index is 2.55. The summed E-state index contributed by atoms with van der Waals surface area (Å²) >= 11 is 0. The van der Waals surface area contributed by atoms with Crippen molar-refractivity contribution >= 4 is 12.0 Å². The van der Waals surface area contributed by atoms with Gasteiger partial charge in [-0.25, -0.2) is 10.6 Å². The molecule has 0 bridgehead atoms. The molecule has 8 nitrogen and oxygen atoms in total. The van der Waals surface area contributed by atoms with Crippen LogP contribution in [0, 0.1) is 0 Å². The summed E-state index contributed by atoms with van der Waals surface area (Å²) in [4.78, 5) is 25.5. The Morgan fingerprint density at radius 1 is 1.35 bits per heavy atom. The maximum atomic E-state index is 11.7. The molecule has 8 heteroatoms. The largest absolute Gasteiger partial charge is 0.444 e. The zero-order valence-corrected chi connectivity index (χ0v) is 12.3. The predicted octanol–water partition coefficient (Wildman–Crippen LogP) is -0.798. The van der Waals surface area contributed by atoms with E-state index in [4.69, 9.17) is 15.3 Å². The molecule has 1 saturated heterocycles. The van der Waals surface area contributed by atoms with Crippen LogP contribution in [-0.2, 0) is 14.3 Å². The molecular formula is C12H24N4O4. The lowest BCUT2D eigenvalue weighted by Gasteiger charge is -2.30. The van der Waals surface area contributed by atoms with E-state index in [0.717, 1.165) is 0 Å². The summed E-state index contributed by atoms with van der Waals surface area (Å²) in [5.74, 6) is 4.69. The molecule has 0 aliphatic carbocycles. The van der Waals surface area contributed by atoms with Gasteiger partial charge in [-0.05, 0) is 20.8 Å². The number of alkyl carbamates (subject to hydrolysis) is 1. The van der Waals surface area contributed by atoms with E-state index in [0.29, 0.717) is 32.8 Å². The smallest absolute Gasteiger partial charge is 0.408 e. The Morgan fingerprint density at radius 3 is 2.45 bits per heavy atom. The van der Waals surface area contributed by atoms with Gasteiger partial charge in [-0.2, -0.15) is 0 Å². The van der Waals surface area contributed by atoms with Gasteiger partial charge in [0, 0.05) is 19.6 Å². The lowest BCUT2D eigenvalue weighted by Crippen LogP contribution is -2.56. The van der Waals surface area contributed by atoms with E-state index in [1.165, 1.54) is 0 Å². The van der Waals surface area contributed by atoms with Crippen LogP contribution in [0.2, 0.25) is 0 Å². The lowest BCUT2D eigenvalue weighted by molar-refractivity contribution is -0.124. The molecule has 1 fully saturated rings. The van der Waals surface area contributed by atoms with E-state index in [9.17, 15) is 9.59 Å². The van der Waals surface area contributed by atoms with Gasteiger partial charge in [-0.1, -0.05) is 0 Å². The van der Waals surface area contributed by atoms with Gasteiger partial charge in [0.15, 0.2) is 0 Å². The Hall–Kier alpha value is -1.38. The molecule has 1 aliphatic heterocycles. The first-order valence-corrected chi connectivity index (χ1v) is 6.62. The van der Waals surface area contributed by atoms with Crippen molar-refractivity contribution in [3.8, 4) is 0 Å². The Bertz CT molecular complexity index is 337. The number of morpholine rings is 1. The van der Waals surface area contributed by atoms with Crippen LogP contribution in [0.4, 0.5) is 4.79 Å². The fraction of sp³-hybridized carbons (Fsp3) is 0.833. The van der Waals surface area contributed by atoms with Crippen LogP contribution >= 0.6 is 0 Å². The molecule has 0 unspecified atom stereocenters. The minimum absolute atomic E-state index is 0.367. The van der Waals surface area contributed by atoms with Gasteiger partial charge in [0.1, 0.15) is 11.6 Å². The third-order valence-corrected chi connectivity index (χ3v) is 2.69. The summed E-state index contributed by atoms with van der Waals surface area (Å²) in [5.41, 5.74) is 1.44. The van der Waals surface area contributed by atoms with Gasteiger partial charge in [0.25, 0.3) is 5.91 Å². The zero-order valence-electron chi connectivity index (χ0n) is 12.3. The number of rotatable bonds is 4. The number of amides is 2. The van der Waals surface area contributed by atoms with Gasteiger partial charge in [-0.3, -0.25) is 15.1 Å². The summed E-state index contributed by atoms with van der Waals surface area (Å²) < 4.78 is 10.4. The normalized spacial score (nSPS) is 18.2. The van der Waals surface area contributed by atoms with Crippen LogP contribution in [-0.4, -0.2) is 61.4 Å². The predicted molar refractivity (Wildman–Crippen MR) is 72.7 cm³/mol. The Kier molecular flexibility index (Phi) is 6.18. The van der Waals surface area contributed by atoms with Crippen LogP contribution in [0.1, 0.15) is 20.8 Å². The number of nitrogens with one attached hydrogen (secondary N) is 2. The maximum Gasteiger partial charge on any atom is 0.408 e. The second-order valence-electron chi connectivity index (χ2n) is 5.62. The maximum absolute atomic E-state index is 11.7. The van der Waals surface area contributed by atoms with Gasteiger partial charge in [0.2, 0.25) is 0 Å². The molecule has 1 aliphatic rings. The van der Waals surface area contributed by atoms with Crippen LogP contribution in [0.25, 0.3) is 0 Å². The molecule has 0 spiro atoms. The van der Waals surface area contributed by atoms with Gasteiger partial charge < -0.3 is 14.8 Å². The number of hydrazine groups is 1. The first-order chi connectivity index (χ1) is 9.31. The number of nitrogens with two attached hydrogens (primary N) is 1. The molecule has 4 N–H and O–H groups in total. The van der Waals surface area contributed by atoms with E-state index >= 15 is 0 Å². The van der Waals surface area contributed by atoms with E-state index < -0.39 is 23.6 Å². The van der Waals surface area contributed by atoms with Crippen molar-refractivity contribution in [3.05, 3.63) is 0 Å². The minimum atomic E-state index is -0.757. The third-order valence-electron chi connectivity index (χ3n) is 2.69. The summed E-state index contributed by atoms with van der Waals surface area (Å²) in [6.45, 7) is 8.29. The quantitative estimate of drug-likeness (QED) is 0.355. The topological polar surface area (TPSA) is 106 Å². The SMILES string of the molecule is CC(C)(C)OC(=O)N[C@@H](CN1CCOCC1)C(=O)NN. The van der Waals surface area contributed by atoms with E-state index in [-0.39, 0.29) is 0 Å². The van der Waals surface area contributed by atoms with Gasteiger partial charge in [0.05, 0.1) is 13.2 Å². The standard InChI is InChI=1S/C12H24N4O4/c1-12(2,3)20-11(18)14-9(10(17)15-13)8-16-4-6-19-7-5-16/h9H,4-8,13H2,1-3H3,(H,14,18)(H,15,17)/t9-/m0/s1. The second-order valence-corrected chi connectivity index (χ2v) is 5.62. The zero-order chi connectivity index (χ0) is 15.2. The fourth-order valence-electron chi connectivity index (χ4n) is 1.79. The van der Waals surface area contributed by atoms with Crippen molar-refractivity contribution in [1.29, 1.82) is 0 Å². The molecule has 1 rings (SSSR count). The van der Waals surface area contributed by atoms with E-state index in [1.807, 2.05) is 4.90 Å². The number of ether oxygens (including phenoxy) is 2. The highest BCUT2D eigenvalue weighted by molar-refractivity contribution is 5.85. The minimum Gasteiger partial charge on any atom is -0.444 e. The molecule has 1 heterocycles. The van der Waals surface area contributed by atoms with Crippen LogP contribution in [0.15, 0.2) is 0 Å². The van der Waals surface area contributed by atoms with Crippen LogP contribution in [0.5, 0.6) is 0 Å². The van der Waals surface area contributed by atoms with Gasteiger partial charge in [-0.15, -0.1) is 0 Å². The summed E-state index contributed by atoms with van der Waals surface area (Å²) in [6.07, 6.45) is -0.639. The first kappa shape index (κ1) is 16.7. The molecular weight excluding hydrogens is 264 g/mol. The molecule has 0 radical (unpaired) electrons. The lowest BCUT2D eigenvalue weighted by atomic mass is 10.2. The van der Waals surface area contributed by atoms with Crippen LogP contribution < -0.4 is 16.6 Å². The van der Waals surface area contributed by atoms with Crippen LogP contribution in [0.3, 0.4) is 0 Å². The summed E-state index contributed by atoms with van der Waals surface area (Å²) in [5, 5.41) is 2.54. The Labute approximate surface area is 118 Å². The fourth-order valence-corrected chi connectivity index (χ4v) is 1.79. The molecule has 116 valence electrons. The van der Waals surface area contributed by atoms with Crippen molar-refractivity contribution in [3.63, 3.8) is 0 Å². The van der Waals surface area contributed by atoms with Crippen molar-refractivity contribution in [1.82, 2.24) is 15.6 Å².